The van der Waals surface area contributed by atoms with Crippen LogP contribution in [0.25, 0.3) is 0 Å². The molecule has 1 N–H and O–H groups in total. The molecule has 4 heteroatoms. The van der Waals surface area contributed by atoms with Crippen LogP contribution in [0.3, 0.4) is 0 Å². The van der Waals surface area contributed by atoms with E-state index in [1.165, 1.54) is 9.75 Å². The fourth-order valence-electron chi connectivity index (χ4n) is 1.44. The van der Waals surface area contributed by atoms with Gasteiger partial charge in [-0.25, -0.2) is 0 Å². The minimum absolute atomic E-state index is 0.0916. The Morgan fingerprint density at radius 2 is 2.00 bits per heavy atom. The monoisotopic (exact) mass is 271 g/mol. The van der Waals surface area contributed by atoms with Crippen LogP contribution in [-0.2, 0) is 22.6 Å². The first-order chi connectivity index (χ1) is 8.57. The maximum absolute atomic E-state index is 5.69. The van der Waals surface area contributed by atoms with Gasteiger partial charge in [0.2, 0.25) is 0 Å². The molecule has 0 aliphatic carbocycles. The Morgan fingerprint density at radius 3 is 2.67 bits per heavy atom. The average Bonchev–Trinajstić information content (AvgIpc) is 2.80. The van der Waals surface area contributed by atoms with Crippen LogP contribution in [0, 0.1) is 0 Å². The van der Waals surface area contributed by atoms with E-state index >= 15 is 0 Å². The zero-order valence-electron chi connectivity index (χ0n) is 11.9. The van der Waals surface area contributed by atoms with Gasteiger partial charge in [-0.3, -0.25) is 0 Å². The summed E-state index contributed by atoms with van der Waals surface area (Å²) in [7, 11) is 1.74. The number of nitrogens with one attached hydrogen (secondary N) is 1. The molecule has 0 spiro atoms. The molecule has 104 valence electrons. The highest BCUT2D eigenvalue weighted by atomic mass is 32.1. The lowest BCUT2D eigenvalue weighted by atomic mass is 10.1. The van der Waals surface area contributed by atoms with Gasteiger partial charge in [-0.15, -0.1) is 11.3 Å². The summed E-state index contributed by atoms with van der Waals surface area (Å²) in [5.74, 6) is 0. The van der Waals surface area contributed by atoms with Crippen molar-refractivity contribution in [3.8, 4) is 0 Å². The Kier molecular flexibility index (Phi) is 6.86. The molecule has 0 atom stereocenters. The van der Waals surface area contributed by atoms with Crippen molar-refractivity contribution in [1.82, 2.24) is 5.32 Å². The third-order valence-corrected chi connectivity index (χ3v) is 3.97. The molecule has 18 heavy (non-hydrogen) atoms. The molecule has 1 aromatic heterocycles. The maximum Gasteiger partial charge on any atom is 0.0809 e. The minimum Gasteiger partial charge on any atom is -0.379 e. The van der Waals surface area contributed by atoms with Crippen molar-refractivity contribution < 1.29 is 9.47 Å². The summed E-state index contributed by atoms with van der Waals surface area (Å²) in [4.78, 5) is 2.66. The van der Waals surface area contributed by atoms with E-state index in [4.69, 9.17) is 9.47 Å². The second-order valence-electron chi connectivity index (χ2n) is 4.91. The summed E-state index contributed by atoms with van der Waals surface area (Å²) in [5.41, 5.74) is -0.0916. The van der Waals surface area contributed by atoms with E-state index in [0.717, 1.165) is 26.1 Å². The van der Waals surface area contributed by atoms with E-state index in [1.807, 2.05) is 11.3 Å². The van der Waals surface area contributed by atoms with Gasteiger partial charge in [0.05, 0.1) is 12.2 Å². The highest BCUT2D eigenvalue weighted by Gasteiger charge is 2.15. The molecule has 1 rings (SSSR count). The largest absolute Gasteiger partial charge is 0.379 e. The maximum atomic E-state index is 5.69. The van der Waals surface area contributed by atoms with Crippen LogP contribution in [0.5, 0.6) is 0 Å². The van der Waals surface area contributed by atoms with Gasteiger partial charge >= 0.3 is 0 Å². The molecule has 0 saturated carbocycles. The smallest absolute Gasteiger partial charge is 0.0809 e. The van der Waals surface area contributed by atoms with Crippen molar-refractivity contribution >= 4 is 11.3 Å². The normalized spacial score (nSPS) is 12.0. The third-order valence-electron chi connectivity index (χ3n) is 2.91. The van der Waals surface area contributed by atoms with Crippen molar-refractivity contribution in [3.63, 3.8) is 0 Å². The van der Waals surface area contributed by atoms with E-state index in [0.29, 0.717) is 6.61 Å². The summed E-state index contributed by atoms with van der Waals surface area (Å²) in [6.07, 6.45) is 0.916. The fraction of sp³-hybridized carbons (Fsp3) is 0.714. The van der Waals surface area contributed by atoms with Gasteiger partial charge < -0.3 is 14.8 Å². The SMILES string of the molecule is CCNCc1ccc(COCCC(C)(C)OC)s1. The molecule has 0 saturated heterocycles. The molecule has 0 aliphatic rings. The summed E-state index contributed by atoms with van der Waals surface area (Å²) >= 11 is 1.82. The highest BCUT2D eigenvalue weighted by molar-refractivity contribution is 7.11. The minimum atomic E-state index is -0.0916. The van der Waals surface area contributed by atoms with E-state index in [-0.39, 0.29) is 5.60 Å². The topological polar surface area (TPSA) is 30.5 Å². The zero-order valence-corrected chi connectivity index (χ0v) is 12.7. The first-order valence-electron chi connectivity index (χ1n) is 6.48. The Bertz CT molecular complexity index is 336. The lowest BCUT2D eigenvalue weighted by molar-refractivity contribution is -0.0121. The Balaban J connectivity index is 2.21. The van der Waals surface area contributed by atoms with Gasteiger partial charge in [0.15, 0.2) is 0 Å². The summed E-state index contributed by atoms with van der Waals surface area (Å²) < 4.78 is 11.0. The summed E-state index contributed by atoms with van der Waals surface area (Å²) in [6, 6.07) is 4.32. The Morgan fingerprint density at radius 1 is 1.28 bits per heavy atom. The number of rotatable bonds is 9. The molecule has 0 unspecified atom stereocenters. The van der Waals surface area contributed by atoms with Crippen molar-refractivity contribution in [1.29, 1.82) is 0 Å². The fourth-order valence-corrected chi connectivity index (χ4v) is 2.36. The van der Waals surface area contributed by atoms with Crippen LogP contribution in [0.1, 0.15) is 36.9 Å². The molecule has 1 heterocycles. The Hall–Kier alpha value is -0.420. The first kappa shape index (κ1) is 15.6. The van der Waals surface area contributed by atoms with Crippen LogP contribution in [0.2, 0.25) is 0 Å². The average molecular weight is 271 g/mol. The predicted molar refractivity (Wildman–Crippen MR) is 77.1 cm³/mol. The zero-order chi connectivity index (χ0) is 13.4. The van der Waals surface area contributed by atoms with Gasteiger partial charge in [-0.2, -0.15) is 0 Å². The number of hydrogen-bond donors (Lipinski definition) is 1. The molecule has 0 radical (unpaired) electrons. The van der Waals surface area contributed by atoms with E-state index in [1.54, 1.807) is 7.11 Å². The Labute approximate surface area is 114 Å². The number of thiophene rings is 1. The van der Waals surface area contributed by atoms with E-state index < -0.39 is 0 Å². The summed E-state index contributed by atoms with van der Waals surface area (Å²) in [5, 5.41) is 3.33. The van der Waals surface area contributed by atoms with E-state index in [2.05, 4.69) is 38.2 Å². The number of methoxy groups -OCH3 is 1. The lowest BCUT2D eigenvalue weighted by Gasteiger charge is -2.22. The molecule has 0 bridgehead atoms. The van der Waals surface area contributed by atoms with Gasteiger partial charge in [0, 0.05) is 30.0 Å². The number of hydrogen-bond acceptors (Lipinski definition) is 4. The van der Waals surface area contributed by atoms with Crippen molar-refractivity contribution in [3.05, 3.63) is 21.9 Å². The van der Waals surface area contributed by atoms with Crippen LogP contribution in [0.15, 0.2) is 12.1 Å². The lowest BCUT2D eigenvalue weighted by Crippen LogP contribution is -2.24. The van der Waals surface area contributed by atoms with Crippen molar-refractivity contribution in [2.75, 3.05) is 20.3 Å². The summed E-state index contributed by atoms with van der Waals surface area (Å²) in [6.45, 7) is 9.69. The molecule has 0 aliphatic heterocycles. The van der Waals surface area contributed by atoms with E-state index in [9.17, 15) is 0 Å². The quantitative estimate of drug-likeness (QED) is 0.700. The molecular formula is C14H25NO2S. The predicted octanol–water partition coefficient (Wildman–Crippen LogP) is 3.19. The first-order valence-corrected chi connectivity index (χ1v) is 7.30. The molecule has 0 amide bonds. The third kappa shape index (κ3) is 5.96. The van der Waals surface area contributed by atoms with Crippen LogP contribution >= 0.6 is 11.3 Å². The van der Waals surface area contributed by atoms with Gasteiger partial charge in [0.25, 0.3) is 0 Å². The van der Waals surface area contributed by atoms with Crippen molar-refractivity contribution in [2.45, 2.75) is 45.9 Å². The van der Waals surface area contributed by atoms with Crippen LogP contribution in [-0.4, -0.2) is 25.9 Å². The molecule has 0 fully saturated rings. The van der Waals surface area contributed by atoms with Gasteiger partial charge in [-0.05, 0) is 38.9 Å². The van der Waals surface area contributed by atoms with Gasteiger partial charge in [0.1, 0.15) is 0 Å². The standard InChI is InChI=1S/C14H25NO2S/c1-5-15-10-12-6-7-13(18-12)11-17-9-8-14(2,3)16-4/h6-7,15H,5,8-11H2,1-4H3. The molecule has 1 aromatic rings. The van der Waals surface area contributed by atoms with Crippen LogP contribution in [0.4, 0.5) is 0 Å². The van der Waals surface area contributed by atoms with Crippen LogP contribution < -0.4 is 5.32 Å². The van der Waals surface area contributed by atoms with Crippen molar-refractivity contribution in [2.24, 2.45) is 0 Å². The number of ether oxygens (including phenoxy) is 2. The highest BCUT2D eigenvalue weighted by Crippen LogP contribution is 2.18. The molecule has 3 nitrogen and oxygen atoms in total. The second-order valence-corrected chi connectivity index (χ2v) is 6.17. The molecule has 0 aromatic carbocycles. The van der Waals surface area contributed by atoms with Gasteiger partial charge in [-0.1, -0.05) is 6.92 Å². The second kappa shape index (κ2) is 7.89. The molecular weight excluding hydrogens is 246 g/mol.